The molecular formula is C28H25N5O3SY-2. The molecule has 1 amide bonds. The van der Waals surface area contributed by atoms with Gasteiger partial charge in [0.15, 0.2) is 0 Å². The number of benzene rings is 1. The fraction of sp³-hybridized carbons (Fsp3) is 0.214. The van der Waals surface area contributed by atoms with Crippen LogP contribution in [0, 0.1) is 23.6 Å². The minimum atomic E-state index is -0.617. The number of likely N-dealkylation sites (tertiary alicyclic amines) is 1. The van der Waals surface area contributed by atoms with Gasteiger partial charge in [0.1, 0.15) is 5.75 Å². The number of fused-ring (bicyclic) bond motifs is 1. The third-order valence-electron chi connectivity index (χ3n) is 6.11. The second-order valence-corrected chi connectivity index (χ2v) is 8.82. The van der Waals surface area contributed by atoms with Gasteiger partial charge in [0, 0.05) is 57.7 Å². The number of hydrogen-bond acceptors (Lipinski definition) is 7. The van der Waals surface area contributed by atoms with E-state index in [1.165, 1.54) is 30.8 Å². The monoisotopic (exact) mass is 600 g/mol. The number of H-pyrrole nitrogens is 1. The fourth-order valence-electron chi connectivity index (χ4n) is 4.36. The van der Waals surface area contributed by atoms with Gasteiger partial charge in [-0.1, -0.05) is 36.5 Å². The first-order chi connectivity index (χ1) is 18.1. The number of ether oxygens (including phenoxy) is 1. The molecule has 0 unspecified atom stereocenters. The molecule has 3 aromatic heterocycles. The van der Waals surface area contributed by atoms with Crippen molar-refractivity contribution in [2.75, 3.05) is 20.2 Å². The van der Waals surface area contributed by atoms with E-state index in [0.29, 0.717) is 58.9 Å². The Morgan fingerprint density at radius 3 is 2.50 bits per heavy atom. The van der Waals surface area contributed by atoms with E-state index in [0.717, 1.165) is 11.1 Å². The third kappa shape index (κ3) is 5.78. The second-order valence-electron chi connectivity index (χ2n) is 7.99. The summed E-state index contributed by atoms with van der Waals surface area (Å²) in [5, 5.41) is 13.8. The maximum atomic E-state index is 13.3. The van der Waals surface area contributed by atoms with Crippen molar-refractivity contribution in [2.24, 2.45) is 0 Å². The van der Waals surface area contributed by atoms with Crippen molar-refractivity contribution in [3.63, 3.8) is 0 Å². The molecule has 1 aliphatic heterocycles. The number of pyridine rings is 1. The molecule has 38 heavy (non-hydrogen) atoms. The largest absolute Gasteiger partial charge is 0.494 e. The minimum Gasteiger partial charge on any atom is -0.494 e. The fourth-order valence-corrected chi connectivity index (χ4v) is 4.93. The molecule has 4 heterocycles. The van der Waals surface area contributed by atoms with Gasteiger partial charge in [0.25, 0.3) is 11.7 Å². The molecule has 1 aliphatic rings. The van der Waals surface area contributed by atoms with Crippen LogP contribution >= 0.6 is 11.3 Å². The van der Waals surface area contributed by atoms with E-state index in [9.17, 15) is 14.9 Å². The van der Waals surface area contributed by atoms with Crippen LogP contribution in [0.1, 0.15) is 35.7 Å². The third-order valence-corrected chi connectivity index (χ3v) is 6.82. The van der Waals surface area contributed by atoms with E-state index >= 15 is 0 Å². The number of methoxy groups -OCH3 is 1. The number of hydrogen-bond donors (Lipinski definition) is 1. The minimum absolute atomic E-state index is 0. The average molecular weight is 601 g/mol. The first-order valence-corrected chi connectivity index (χ1v) is 12.5. The Morgan fingerprint density at radius 1 is 1.18 bits per heavy atom. The number of ketones is 1. The van der Waals surface area contributed by atoms with Crippen LogP contribution in [-0.4, -0.2) is 51.7 Å². The molecule has 0 saturated carbocycles. The number of Topliss-reactive ketones (excluding diaryl/α,β-unsaturated/α-hetero) is 1. The molecule has 0 bridgehead atoms. The molecule has 8 nitrogen and oxygen atoms in total. The van der Waals surface area contributed by atoms with Crippen LogP contribution in [0.2, 0.25) is 0 Å². The number of nitrogens with zero attached hydrogens (tertiary/aromatic N) is 4. The first-order valence-electron chi connectivity index (χ1n) is 11.7. The molecule has 1 saturated heterocycles. The number of aromatic amines is 1. The summed E-state index contributed by atoms with van der Waals surface area (Å²) in [6.45, 7) is 5.75. The number of piperidine rings is 1. The summed E-state index contributed by atoms with van der Waals surface area (Å²) in [5.41, 5.74) is 3.89. The van der Waals surface area contributed by atoms with Gasteiger partial charge in [-0.3, -0.25) is 14.6 Å². The predicted octanol–water partition coefficient (Wildman–Crippen LogP) is 5.12. The molecule has 0 spiro atoms. The SMILES string of the molecule is COc1cnc(-c2nc[c-]s2)c2[nH]cc(C(=O)C(=O)N3CCC(=C(C#N)c4ccccc4)CC3)c12.[CH2-]C.[Y]. The molecule has 5 rings (SSSR count). The van der Waals surface area contributed by atoms with Crippen molar-refractivity contribution in [1.82, 2.24) is 19.9 Å². The van der Waals surface area contributed by atoms with Crippen molar-refractivity contribution in [1.29, 1.82) is 5.26 Å². The standard InChI is InChI=1S/C26H20N5O3S.C2H5.Y/c1-34-20-15-30-23(25-28-9-12-35-25)22-21(20)19(14-29-22)24(32)26(33)31-10-7-17(8-11-31)18(13-27)16-5-3-2-4-6-16;1-2;/h2-6,9,14-15,29H,7-8,10-11H2,1H3;1H2,2H3;/q2*-1;. The number of allylic oxidation sites excluding steroid dienone is 1. The van der Waals surface area contributed by atoms with Gasteiger partial charge in [0.05, 0.1) is 41.4 Å². The zero-order valence-electron chi connectivity index (χ0n) is 21.2. The van der Waals surface area contributed by atoms with Crippen LogP contribution in [0.3, 0.4) is 0 Å². The van der Waals surface area contributed by atoms with E-state index in [4.69, 9.17) is 4.74 Å². The molecule has 4 aromatic rings. The van der Waals surface area contributed by atoms with Gasteiger partial charge < -0.3 is 37.9 Å². The van der Waals surface area contributed by atoms with Crippen LogP contribution in [0.25, 0.3) is 27.2 Å². The van der Waals surface area contributed by atoms with Crippen LogP contribution < -0.4 is 4.74 Å². The van der Waals surface area contributed by atoms with Gasteiger partial charge in [-0.05, 0) is 29.0 Å². The number of nitrogens with one attached hydrogen (secondary N) is 1. The van der Waals surface area contributed by atoms with Crippen molar-refractivity contribution < 1.29 is 47.0 Å². The topological polar surface area (TPSA) is 112 Å². The average Bonchev–Trinajstić information content (AvgIpc) is 3.65. The Hall–Kier alpha value is -3.19. The van der Waals surface area contributed by atoms with E-state index in [1.807, 2.05) is 30.3 Å². The Labute approximate surface area is 250 Å². The number of amides is 1. The van der Waals surface area contributed by atoms with E-state index in [1.54, 1.807) is 18.0 Å². The maximum Gasteiger partial charge on any atom is 0.295 e. The number of nitriles is 1. The molecular weight excluding hydrogens is 575 g/mol. The van der Waals surface area contributed by atoms with Crippen molar-refractivity contribution in [2.45, 2.75) is 19.8 Å². The van der Waals surface area contributed by atoms with E-state index in [2.05, 4.69) is 33.3 Å². The van der Waals surface area contributed by atoms with Gasteiger partial charge in [-0.2, -0.15) is 17.6 Å². The van der Waals surface area contributed by atoms with Gasteiger partial charge in [-0.15, -0.1) is 0 Å². The summed E-state index contributed by atoms with van der Waals surface area (Å²) in [4.78, 5) is 39.8. The zero-order chi connectivity index (χ0) is 26.4. The normalized spacial score (nSPS) is 12.6. The molecule has 10 heteroatoms. The van der Waals surface area contributed by atoms with Crippen LogP contribution in [-0.2, 0) is 37.5 Å². The second kappa shape index (κ2) is 13.6. The summed E-state index contributed by atoms with van der Waals surface area (Å²) in [6.07, 6.45) is 5.70. The van der Waals surface area contributed by atoms with E-state index < -0.39 is 11.7 Å². The Bertz CT molecular complexity index is 1480. The number of carbonyl (C=O) groups excluding carboxylic acids is 2. The Morgan fingerprint density at radius 2 is 1.89 bits per heavy atom. The smallest absolute Gasteiger partial charge is 0.295 e. The summed E-state index contributed by atoms with van der Waals surface area (Å²) in [6, 6.07) is 11.8. The van der Waals surface area contributed by atoms with Crippen molar-refractivity contribution in [3.8, 4) is 22.5 Å². The number of carbonyl (C=O) groups is 2. The van der Waals surface area contributed by atoms with Crippen LogP contribution in [0.5, 0.6) is 5.75 Å². The molecule has 191 valence electrons. The number of aromatic nitrogens is 3. The van der Waals surface area contributed by atoms with Crippen molar-refractivity contribution in [3.05, 3.63) is 77.9 Å². The molecule has 0 aliphatic carbocycles. The molecule has 1 fully saturated rings. The predicted molar refractivity (Wildman–Crippen MR) is 143 cm³/mol. The zero-order valence-corrected chi connectivity index (χ0v) is 24.8. The van der Waals surface area contributed by atoms with E-state index in [-0.39, 0.29) is 38.3 Å². The van der Waals surface area contributed by atoms with Crippen molar-refractivity contribution >= 4 is 39.5 Å². The number of rotatable bonds is 5. The van der Waals surface area contributed by atoms with Gasteiger partial charge in [0.2, 0.25) is 0 Å². The maximum absolute atomic E-state index is 13.3. The van der Waals surface area contributed by atoms with Crippen LogP contribution in [0.4, 0.5) is 0 Å². The Kier molecular flexibility index (Phi) is 10.5. The van der Waals surface area contributed by atoms with Gasteiger partial charge in [-0.25, -0.2) is 0 Å². The summed E-state index contributed by atoms with van der Waals surface area (Å²) in [5.74, 6) is -0.799. The first kappa shape index (κ1) is 29.4. The van der Waals surface area contributed by atoms with Crippen LogP contribution in [0.15, 0.2) is 54.5 Å². The quantitative estimate of drug-likeness (QED) is 0.147. The Balaban J connectivity index is 0.00000130. The molecule has 1 N–H and O–H groups in total. The summed E-state index contributed by atoms with van der Waals surface area (Å²) >= 11 is 1.31. The molecule has 1 aromatic carbocycles. The summed E-state index contributed by atoms with van der Waals surface area (Å²) < 4.78 is 5.45. The molecule has 0 atom stereocenters. The molecule has 1 radical (unpaired) electrons. The summed E-state index contributed by atoms with van der Waals surface area (Å²) in [7, 11) is 1.49. The number of thiazole rings is 1. The van der Waals surface area contributed by atoms with Gasteiger partial charge >= 0.3 is 0 Å².